The lowest BCUT2D eigenvalue weighted by Gasteiger charge is -2.39. The van der Waals surface area contributed by atoms with Gasteiger partial charge in [0.2, 0.25) is 15.9 Å². The first-order chi connectivity index (χ1) is 14.5. The number of rotatable bonds is 6. The Kier molecular flexibility index (Phi) is 6.51. The van der Waals surface area contributed by atoms with Crippen LogP contribution in [0.1, 0.15) is 30.0 Å². The van der Waals surface area contributed by atoms with Gasteiger partial charge in [0.1, 0.15) is 6.04 Å². The van der Waals surface area contributed by atoms with Gasteiger partial charge in [0.15, 0.2) is 0 Å². The molecule has 0 saturated carbocycles. The standard InChI is InChI=1S/C23H29N3O3S/c27-23(25-13-7-8-14-25)22(21-11-5-2-6-12-21)24-15-17-26(18-16-24)30(28,29)19-20-9-3-1-4-10-20/h1-6,9-12,22H,7-8,13-19H2/t22-/m1/s1. The van der Waals surface area contributed by atoms with E-state index in [1.165, 1.54) is 0 Å². The Balaban J connectivity index is 1.46. The zero-order valence-electron chi connectivity index (χ0n) is 17.2. The molecule has 2 fully saturated rings. The zero-order chi connectivity index (χ0) is 21.0. The van der Waals surface area contributed by atoms with Crippen molar-refractivity contribution in [1.29, 1.82) is 0 Å². The molecule has 2 aliphatic heterocycles. The zero-order valence-corrected chi connectivity index (χ0v) is 18.0. The molecule has 2 aromatic rings. The van der Waals surface area contributed by atoms with Crippen LogP contribution in [0.5, 0.6) is 0 Å². The molecule has 4 rings (SSSR count). The first kappa shape index (κ1) is 21.0. The van der Waals surface area contributed by atoms with Gasteiger partial charge in [0.25, 0.3) is 0 Å². The monoisotopic (exact) mass is 427 g/mol. The number of piperazine rings is 1. The molecule has 2 saturated heterocycles. The van der Waals surface area contributed by atoms with Crippen molar-refractivity contribution < 1.29 is 13.2 Å². The van der Waals surface area contributed by atoms with E-state index in [1.54, 1.807) is 4.31 Å². The van der Waals surface area contributed by atoms with Gasteiger partial charge in [-0.05, 0) is 24.0 Å². The highest BCUT2D eigenvalue weighted by Gasteiger charge is 2.36. The van der Waals surface area contributed by atoms with E-state index in [2.05, 4.69) is 4.90 Å². The van der Waals surface area contributed by atoms with Crippen LogP contribution in [0.25, 0.3) is 0 Å². The number of benzene rings is 2. The van der Waals surface area contributed by atoms with Gasteiger partial charge in [0, 0.05) is 39.3 Å². The van der Waals surface area contributed by atoms with Crippen molar-refractivity contribution in [2.24, 2.45) is 0 Å². The topological polar surface area (TPSA) is 60.9 Å². The predicted octanol–water partition coefficient (Wildman–Crippen LogP) is 2.50. The number of hydrogen-bond acceptors (Lipinski definition) is 4. The third-order valence-electron chi connectivity index (χ3n) is 5.99. The van der Waals surface area contributed by atoms with Crippen LogP contribution in [0.3, 0.4) is 0 Å². The summed E-state index contributed by atoms with van der Waals surface area (Å²) in [6.07, 6.45) is 2.11. The fraction of sp³-hybridized carbons (Fsp3) is 0.435. The summed E-state index contributed by atoms with van der Waals surface area (Å²) >= 11 is 0. The van der Waals surface area contributed by atoms with Gasteiger partial charge < -0.3 is 4.90 Å². The summed E-state index contributed by atoms with van der Waals surface area (Å²) in [4.78, 5) is 17.4. The van der Waals surface area contributed by atoms with Crippen LogP contribution < -0.4 is 0 Å². The largest absolute Gasteiger partial charge is 0.341 e. The van der Waals surface area contributed by atoms with Crippen molar-refractivity contribution in [2.45, 2.75) is 24.6 Å². The maximum absolute atomic E-state index is 13.3. The molecule has 0 spiro atoms. The van der Waals surface area contributed by atoms with Crippen LogP contribution in [0.15, 0.2) is 60.7 Å². The Labute approximate surface area is 179 Å². The summed E-state index contributed by atoms with van der Waals surface area (Å²) in [7, 11) is -3.37. The van der Waals surface area contributed by atoms with E-state index >= 15 is 0 Å². The average molecular weight is 428 g/mol. The molecule has 1 amide bonds. The van der Waals surface area contributed by atoms with Gasteiger partial charge in [-0.15, -0.1) is 0 Å². The van der Waals surface area contributed by atoms with Crippen LogP contribution in [-0.2, 0) is 20.6 Å². The van der Waals surface area contributed by atoms with E-state index in [-0.39, 0.29) is 17.7 Å². The molecule has 160 valence electrons. The Bertz CT molecular complexity index is 936. The molecule has 0 aromatic heterocycles. The van der Waals surface area contributed by atoms with Crippen molar-refractivity contribution in [3.63, 3.8) is 0 Å². The molecule has 0 aliphatic carbocycles. The first-order valence-corrected chi connectivity index (χ1v) is 12.2. The maximum atomic E-state index is 13.3. The van der Waals surface area contributed by atoms with E-state index in [4.69, 9.17) is 0 Å². The van der Waals surface area contributed by atoms with Crippen molar-refractivity contribution >= 4 is 15.9 Å². The molecule has 0 unspecified atom stereocenters. The summed E-state index contributed by atoms with van der Waals surface area (Å²) in [6.45, 7) is 3.54. The Morgan fingerprint density at radius 3 is 1.97 bits per heavy atom. The van der Waals surface area contributed by atoms with E-state index in [0.717, 1.165) is 37.1 Å². The lowest BCUT2D eigenvalue weighted by atomic mass is 10.0. The number of carbonyl (C=O) groups is 1. The summed E-state index contributed by atoms with van der Waals surface area (Å²) < 4.78 is 27.3. The third-order valence-corrected chi connectivity index (χ3v) is 7.84. The molecule has 2 aromatic carbocycles. The van der Waals surface area contributed by atoms with E-state index in [9.17, 15) is 13.2 Å². The molecule has 0 N–H and O–H groups in total. The number of likely N-dealkylation sites (tertiary alicyclic amines) is 1. The molecule has 2 aliphatic rings. The van der Waals surface area contributed by atoms with Gasteiger partial charge in [-0.1, -0.05) is 60.7 Å². The minimum atomic E-state index is -3.37. The summed E-state index contributed by atoms with van der Waals surface area (Å²) in [5.74, 6) is 0.155. The Morgan fingerprint density at radius 1 is 0.800 bits per heavy atom. The van der Waals surface area contributed by atoms with Crippen molar-refractivity contribution in [3.8, 4) is 0 Å². The normalized spacial score (nSPS) is 19.7. The number of sulfonamides is 1. The number of hydrogen-bond donors (Lipinski definition) is 0. The lowest BCUT2D eigenvalue weighted by molar-refractivity contribution is -0.136. The molecule has 0 radical (unpaired) electrons. The van der Waals surface area contributed by atoms with Crippen molar-refractivity contribution in [3.05, 3.63) is 71.8 Å². The molecule has 30 heavy (non-hydrogen) atoms. The highest BCUT2D eigenvalue weighted by molar-refractivity contribution is 7.88. The number of nitrogens with zero attached hydrogens (tertiary/aromatic N) is 3. The fourth-order valence-electron chi connectivity index (χ4n) is 4.37. The molecule has 6 nitrogen and oxygen atoms in total. The van der Waals surface area contributed by atoms with E-state index in [1.807, 2.05) is 65.6 Å². The lowest BCUT2D eigenvalue weighted by Crippen LogP contribution is -2.52. The predicted molar refractivity (Wildman–Crippen MR) is 117 cm³/mol. The highest BCUT2D eigenvalue weighted by Crippen LogP contribution is 2.27. The number of carbonyl (C=O) groups excluding carboxylic acids is 1. The Hall–Kier alpha value is -2.22. The summed E-state index contributed by atoms with van der Waals surface area (Å²) in [5, 5.41) is 0. The molecule has 2 heterocycles. The van der Waals surface area contributed by atoms with Gasteiger partial charge in [0.05, 0.1) is 5.75 Å². The Morgan fingerprint density at radius 2 is 1.37 bits per heavy atom. The van der Waals surface area contributed by atoms with Crippen LogP contribution in [0, 0.1) is 0 Å². The quantitative estimate of drug-likeness (QED) is 0.711. The van der Waals surface area contributed by atoms with E-state index in [0.29, 0.717) is 26.2 Å². The second-order valence-electron chi connectivity index (χ2n) is 8.02. The van der Waals surface area contributed by atoms with Crippen molar-refractivity contribution in [2.75, 3.05) is 39.3 Å². The molecule has 7 heteroatoms. The smallest absolute Gasteiger partial charge is 0.244 e. The fourth-order valence-corrected chi connectivity index (χ4v) is 5.89. The van der Waals surface area contributed by atoms with Crippen molar-refractivity contribution in [1.82, 2.24) is 14.1 Å². The van der Waals surface area contributed by atoms with Gasteiger partial charge in [-0.25, -0.2) is 8.42 Å². The minimum absolute atomic E-state index is 0.0165. The number of amides is 1. The van der Waals surface area contributed by atoms with Gasteiger partial charge in [-0.3, -0.25) is 9.69 Å². The van der Waals surface area contributed by atoms with Gasteiger partial charge >= 0.3 is 0 Å². The van der Waals surface area contributed by atoms with Crippen LogP contribution in [0.2, 0.25) is 0 Å². The average Bonchev–Trinajstić information content (AvgIpc) is 3.30. The van der Waals surface area contributed by atoms with Crippen LogP contribution in [-0.4, -0.2) is 67.7 Å². The second kappa shape index (κ2) is 9.29. The SMILES string of the molecule is O=C([C@@H](c1ccccc1)N1CCN(S(=O)(=O)Cc2ccccc2)CC1)N1CCCC1. The van der Waals surface area contributed by atoms with E-state index < -0.39 is 10.0 Å². The molecule has 1 atom stereocenters. The third kappa shape index (κ3) is 4.74. The summed E-state index contributed by atoms with van der Waals surface area (Å²) in [5.41, 5.74) is 1.78. The first-order valence-electron chi connectivity index (χ1n) is 10.6. The van der Waals surface area contributed by atoms with Gasteiger partial charge in [-0.2, -0.15) is 4.31 Å². The van der Waals surface area contributed by atoms with Crippen LogP contribution in [0.4, 0.5) is 0 Å². The maximum Gasteiger partial charge on any atom is 0.244 e. The van der Waals surface area contributed by atoms with Crippen LogP contribution >= 0.6 is 0 Å². The minimum Gasteiger partial charge on any atom is -0.341 e. The second-order valence-corrected chi connectivity index (χ2v) is 9.99. The molecule has 0 bridgehead atoms. The molecular weight excluding hydrogens is 398 g/mol. The summed E-state index contributed by atoms with van der Waals surface area (Å²) in [6, 6.07) is 18.8. The molecular formula is C23H29N3O3S. The highest BCUT2D eigenvalue weighted by atomic mass is 32.2.